The monoisotopic (exact) mass is 507 g/mol. The van der Waals surface area contributed by atoms with E-state index in [1.165, 1.54) is 19.3 Å². The van der Waals surface area contributed by atoms with Gasteiger partial charge in [-0.3, -0.25) is 9.59 Å². The average Bonchev–Trinajstić information content (AvgIpc) is 3.38. The zero-order chi connectivity index (χ0) is 24.0. The molecule has 190 valence electrons. The maximum Gasteiger partial charge on any atom is 0.275 e. The molecule has 2 aromatic carbocycles. The molecule has 7 nitrogen and oxygen atoms in total. The number of nitrogens with zero attached hydrogens (tertiary/aromatic N) is 3. The van der Waals surface area contributed by atoms with Crippen LogP contribution in [0.4, 0.5) is 0 Å². The molecule has 0 spiro atoms. The molecular formula is C28H34ClN5O2. The van der Waals surface area contributed by atoms with Crippen LogP contribution in [0.5, 0.6) is 0 Å². The molecule has 3 aromatic rings. The number of carbonyl (C=O) groups is 2. The fraction of sp³-hybridized carbons (Fsp3) is 0.393. The fourth-order valence-corrected chi connectivity index (χ4v) is 5.28. The summed E-state index contributed by atoms with van der Waals surface area (Å²) in [7, 11) is 0. The number of piperazine rings is 1. The van der Waals surface area contributed by atoms with E-state index in [4.69, 9.17) is 0 Å². The lowest BCUT2D eigenvalue weighted by molar-refractivity contribution is 0.0620. The predicted molar refractivity (Wildman–Crippen MR) is 144 cm³/mol. The van der Waals surface area contributed by atoms with Crippen LogP contribution >= 0.6 is 12.4 Å². The zero-order valence-corrected chi connectivity index (χ0v) is 21.3. The minimum absolute atomic E-state index is 0. The van der Waals surface area contributed by atoms with Crippen LogP contribution in [0.1, 0.15) is 59.0 Å². The van der Waals surface area contributed by atoms with Crippen molar-refractivity contribution in [1.29, 1.82) is 0 Å². The SMILES string of the molecule is Cl.O=C(NC[C@@H]1CNCCN1C(=O)c1ncn(C2CCCCC2)c1-c1ccccc1)c1ccccc1. The highest BCUT2D eigenvalue weighted by molar-refractivity contribution is 5.99. The van der Waals surface area contributed by atoms with Gasteiger partial charge in [0, 0.05) is 43.3 Å². The number of imidazole rings is 1. The summed E-state index contributed by atoms with van der Waals surface area (Å²) in [6, 6.07) is 19.5. The zero-order valence-electron chi connectivity index (χ0n) is 20.4. The van der Waals surface area contributed by atoms with Crippen LogP contribution in [-0.2, 0) is 0 Å². The number of amides is 2. The van der Waals surface area contributed by atoms with Crippen LogP contribution in [0.15, 0.2) is 67.0 Å². The molecule has 2 fully saturated rings. The summed E-state index contributed by atoms with van der Waals surface area (Å²) in [5.41, 5.74) is 3.05. The second-order valence-corrected chi connectivity index (χ2v) is 9.44. The van der Waals surface area contributed by atoms with E-state index in [-0.39, 0.29) is 30.3 Å². The van der Waals surface area contributed by atoms with Gasteiger partial charge in [0.2, 0.25) is 0 Å². The van der Waals surface area contributed by atoms with E-state index in [0.717, 1.165) is 30.6 Å². The molecule has 0 bridgehead atoms. The Morgan fingerprint density at radius 3 is 2.39 bits per heavy atom. The van der Waals surface area contributed by atoms with E-state index in [1.54, 1.807) is 12.1 Å². The summed E-state index contributed by atoms with van der Waals surface area (Å²) in [4.78, 5) is 33.1. The second kappa shape index (κ2) is 12.2. The van der Waals surface area contributed by atoms with Gasteiger partial charge in [-0.25, -0.2) is 4.98 Å². The number of carbonyl (C=O) groups excluding carboxylic acids is 2. The summed E-state index contributed by atoms with van der Waals surface area (Å²) in [5.74, 6) is -0.200. The van der Waals surface area contributed by atoms with Gasteiger partial charge in [0.05, 0.1) is 18.1 Å². The highest BCUT2D eigenvalue weighted by atomic mass is 35.5. The van der Waals surface area contributed by atoms with Gasteiger partial charge < -0.3 is 20.1 Å². The molecule has 8 heteroatoms. The first-order valence-electron chi connectivity index (χ1n) is 12.7. The molecule has 1 aliphatic heterocycles. The van der Waals surface area contributed by atoms with Gasteiger partial charge in [-0.1, -0.05) is 67.8 Å². The van der Waals surface area contributed by atoms with Crippen molar-refractivity contribution in [1.82, 2.24) is 25.1 Å². The predicted octanol–water partition coefficient (Wildman–Crippen LogP) is 4.32. The van der Waals surface area contributed by atoms with Crippen molar-refractivity contribution in [2.75, 3.05) is 26.2 Å². The third-order valence-corrected chi connectivity index (χ3v) is 7.16. The molecule has 1 atom stereocenters. The maximum absolute atomic E-state index is 13.9. The standard InChI is InChI=1S/C28H33N5O2.ClH/c34-27(22-12-6-2-7-13-22)30-19-24-18-29-16-17-32(24)28(35)25-26(21-10-4-1-5-11-21)33(20-31-25)23-14-8-3-9-15-23;/h1-2,4-7,10-13,20,23-24,29H,3,8-9,14-19H2,(H,30,34);1H/t24-;/m0./s1. The van der Waals surface area contributed by atoms with Crippen molar-refractivity contribution >= 4 is 24.2 Å². The smallest absolute Gasteiger partial charge is 0.275 e. The van der Waals surface area contributed by atoms with Gasteiger partial charge >= 0.3 is 0 Å². The summed E-state index contributed by atoms with van der Waals surface area (Å²) in [5, 5.41) is 6.38. The third-order valence-electron chi connectivity index (χ3n) is 7.16. The minimum atomic E-state index is -0.146. The Kier molecular flexibility index (Phi) is 8.78. The number of nitrogens with one attached hydrogen (secondary N) is 2. The second-order valence-electron chi connectivity index (χ2n) is 9.44. The van der Waals surface area contributed by atoms with E-state index in [9.17, 15) is 9.59 Å². The van der Waals surface area contributed by atoms with Crippen molar-refractivity contribution in [3.63, 3.8) is 0 Å². The lowest BCUT2D eigenvalue weighted by Gasteiger charge is -2.36. The first-order valence-corrected chi connectivity index (χ1v) is 12.7. The first-order chi connectivity index (χ1) is 17.2. The lowest BCUT2D eigenvalue weighted by atomic mass is 9.94. The summed E-state index contributed by atoms with van der Waals surface area (Å²) < 4.78 is 2.23. The Morgan fingerprint density at radius 2 is 1.67 bits per heavy atom. The van der Waals surface area contributed by atoms with Crippen molar-refractivity contribution in [3.8, 4) is 11.3 Å². The highest BCUT2D eigenvalue weighted by Gasteiger charge is 2.32. The number of rotatable bonds is 6. The van der Waals surface area contributed by atoms with E-state index < -0.39 is 0 Å². The van der Waals surface area contributed by atoms with Gasteiger partial charge in [-0.2, -0.15) is 0 Å². The molecule has 0 unspecified atom stereocenters. The largest absolute Gasteiger partial charge is 0.350 e. The Morgan fingerprint density at radius 1 is 0.972 bits per heavy atom. The van der Waals surface area contributed by atoms with Crippen LogP contribution in [0.3, 0.4) is 0 Å². The van der Waals surface area contributed by atoms with E-state index in [2.05, 4.69) is 32.3 Å². The summed E-state index contributed by atoms with van der Waals surface area (Å²) >= 11 is 0. The molecular weight excluding hydrogens is 474 g/mol. The normalized spacial score (nSPS) is 18.3. The van der Waals surface area contributed by atoms with Crippen molar-refractivity contribution in [3.05, 3.63) is 78.2 Å². The third kappa shape index (κ3) is 5.63. The summed E-state index contributed by atoms with van der Waals surface area (Å²) in [6.45, 7) is 2.31. The Bertz CT molecular complexity index is 1150. The highest BCUT2D eigenvalue weighted by Crippen LogP contribution is 2.34. The molecule has 2 aliphatic rings. The maximum atomic E-state index is 13.9. The van der Waals surface area contributed by atoms with E-state index in [1.807, 2.05) is 47.6 Å². The molecule has 1 aromatic heterocycles. The average molecular weight is 508 g/mol. The molecule has 1 aliphatic carbocycles. The molecule has 0 radical (unpaired) electrons. The van der Waals surface area contributed by atoms with Crippen LogP contribution in [0, 0.1) is 0 Å². The van der Waals surface area contributed by atoms with Gasteiger partial charge in [-0.15, -0.1) is 12.4 Å². The Balaban J connectivity index is 0.00000304. The molecule has 2 amide bonds. The quantitative estimate of drug-likeness (QED) is 0.520. The van der Waals surface area contributed by atoms with Crippen molar-refractivity contribution in [2.24, 2.45) is 0 Å². The van der Waals surface area contributed by atoms with E-state index in [0.29, 0.717) is 36.9 Å². The van der Waals surface area contributed by atoms with Crippen LogP contribution in [0.2, 0.25) is 0 Å². The van der Waals surface area contributed by atoms with Crippen LogP contribution in [0.25, 0.3) is 11.3 Å². The molecule has 1 saturated carbocycles. The molecule has 36 heavy (non-hydrogen) atoms. The number of benzene rings is 2. The van der Waals surface area contributed by atoms with Gasteiger partial charge in [0.1, 0.15) is 0 Å². The summed E-state index contributed by atoms with van der Waals surface area (Å²) in [6.07, 6.45) is 7.79. The van der Waals surface area contributed by atoms with E-state index >= 15 is 0 Å². The Labute approximate surface area is 218 Å². The van der Waals surface area contributed by atoms with Crippen molar-refractivity contribution in [2.45, 2.75) is 44.2 Å². The van der Waals surface area contributed by atoms with Crippen molar-refractivity contribution < 1.29 is 9.59 Å². The topological polar surface area (TPSA) is 79.3 Å². The van der Waals surface area contributed by atoms with Gasteiger partial charge in [-0.05, 0) is 25.0 Å². The van der Waals surface area contributed by atoms with Gasteiger partial charge in [0.15, 0.2) is 5.69 Å². The number of hydrogen-bond acceptors (Lipinski definition) is 4. The van der Waals surface area contributed by atoms with Crippen LogP contribution in [-0.4, -0.2) is 58.5 Å². The van der Waals surface area contributed by atoms with Crippen LogP contribution < -0.4 is 10.6 Å². The molecule has 1 saturated heterocycles. The number of aromatic nitrogens is 2. The minimum Gasteiger partial charge on any atom is -0.350 e. The molecule has 2 N–H and O–H groups in total. The number of hydrogen-bond donors (Lipinski definition) is 2. The lowest BCUT2D eigenvalue weighted by Crippen LogP contribution is -2.57. The molecule has 5 rings (SSSR count). The van der Waals surface area contributed by atoms with Gasteiger partial charge in [0.25, 0.3) is 11.8 Å². The Hall–Kier alpha value is -3.16. The number of halogens is 1. The molecule has 2 heterocycles. The first kappa shape index (κ1) is 25.9. The fourth-order valence-electron chi connectivity index (χ4n) is 5.28.